The van der Waals surface area contributed by atoms with Crippen LogP contribution in [0, 0.1) is 5.41 Å². The third kappa shape index (κ3) is 4.28. The molecule has 38 heavy (non-hydrogen) atoms. The molecule has 0 radical (unpaired) electrons. The zero-order chi connectivity index (χ0) is 26.6. The minimum atomic E-state index is -0.227. The number of rotatable bonds is 6. The number of hydrogen-bond donors (Lipinski definition) is 3. The van der Waals surface area contributed by atoms with Crippen LogP contribution >= 0.6 is 11.3 Å². The highest BCUT2D eigenvalue weighted by molar-refractivity contribution is 7.12. The second-order valence-electron chi connectivity index (χ2n) is 11.1. The van der Waals surface area contributed by atoms with Crippen molar-refractivity contribution in [2.75, 3.05) is 11.9 Å². The van der Waals surface area contributed by atoms with E-state index >= 15 is 0 Å². The van der Waals surface area contributed by atoms with Crippen molar-refractivity contribution >= 4 is 22.8 Å². The van der Waals surface area contributed by atoms with Crippen molar-refractivity contribution in [1.29, 1.82) is 0 Å². The summed E-state index contributed by atoms with van der Waals surface area (Å²) in [5.41, 5.74) is 7.25. The standard InChI is InChI=1S/C29H34N6O2S/c1-5-35-14-17(13-31-35)32-27-28(37)34(4)15-23(33-27)18-7-6-8-19(22(18)16-36)25-26-20(9-10-30-25)21-11-29(2,3)12-24(21)38-26/h6-8,13-15,25,30,36H,5,9-12,16H2,1-4H3,(H,32,33). The lowest BCUT2D eigenvalue weighted by atomic mass is 9.87. The highest BCUT2D eigenvalue weighted by Gasteiger charge is 2.37. The summed E-state index contributed by atoms with van der Waals surface area (Å²) in [4.78, 5) is 20.5. The predicted molar refractivity (Wildman–Crippen MR) is 151 cm³/mol. The van der Waals surface area contributed by atoms with Gasteiger partial charge >= 0.3 is 0 Å². The first-order valence-electron chi connectivity index (χ1n) is 13.2. The average molecular weight is 531 g/mol. The van der Waals surface area contributed by atoms with Gasteiger partial charge in [-0.1, -0.05) is 32.0 Å². The van der Waals surface area contributed by atoms with Crippen molar-refractivity contribution < 1.29 is 5.11 Å². The van der Waals surface area contributed by atoms with Gasteiger partial charge in [-0.15, -0.1) is 11.3 Å². The van der Waals surface area contributed by atoms with E-state index in [1.807, 2.05) is 36.6 Å². The molecule has 3 aromatic heterocycles. The van der Waals surface area contributed by atoms with Crippen molar-refractivity contribution in [3.63, 3.8) is 0 Å². The Balaban J connectivity index is 1.41. The molecule has 8 nitrogen and oxygen atoms in total. The number of aliphatic hydroxyl groups is 1. The number of thiophene rings is 1. The summed E-state index contributed by atoms with van der Waals surface area (Å²) >= 11 is 1.94. The van der Waals surface area contributed by atoms with Gasteiger partial charge in [0.05, 0.1) is 30.2 Å². The summed E-state index contributed by atoms with van der Waals surface area (Å²) in [5, 5.41) is 21.8. The molecule has 0 saturated carbocycles. The van der Waals surface area contributed by atoms with Crippen LogP contribution in [0.2, 0.25) is 0 Å². The molecule has 1 aliphatic heterocycles. The maximum absolute atomic E-state index is 12.9. The summed E-state index contributed by atoms with van der Waals surface area (Å²) in [6, 6.07) is 6.14. The van der Waals surface area contributed by atoms with Crippen molar-refractivity contribution in [2.24, 2.45) is 12.5 Å². The van der Waals surface area contributed by atoms with Gasteiger partial charge in [0, 0.05) is 47.8 Å². The minimum absolute atomic E-state index is 0.0320. The van der Waals surface area contributed by atoms with Crippen LogP contribution in [0.3, 0.4) is 0 Å². The fourth-order valence-electron chi connectivity index (χ4n) is 5.94. The van der Waals surface area contributed by atoms with Gasteiger partial charge in [0.15, 0.2) is 5.82 Å². The molecular weight excluding hydrogens is 496 g/mol. The Labute approximate surface area is 226 Å². The maximum atomic E-state index is 12.9. The molecule has 9 heteroatoms. The Hall–Kier alpha value is -3.27. The maximum Gasteiger partial charge on any atom is 0.293 e. The third-order valence-electron chi connectivity index (χ3n) is 7.76. The molecule has 0 spiro atoms. The van der Waals surface area contributed by atoms with Crippen molar-refractivity contribution in [2.45, 2.75) is 59.2 Å². The number of nitrogens with one attached hydrogen (secondary N) is 2. The first-order valence-corrected chi connectivity index (χ1v) is 14.1. The van der Waals surface area contributed by atoms with E-state index in [2.05, 4.69) is 35.6 Å². The van der Waals surface area contributed by atoms with E-state index in [0.29, 0.717) is 16.8 Å². The first-order chi connectivity index (χ1) is 18.3. The third-order valence-corrected chi connectivity index (χ3v) is 9.10. The van der Waals surface area contributed by atoms with Gasteiger partial charge in [-0.05, 0) is 53.9 Å². The summed E-state index contributed by atoms with van der Waals surface area (Å²) in [5.74, 6) is 0.227. The second-order valence-corrected chi connectivity index (χ2v) is 12.3. The minimum Gasteiger partial charge on any atom is -0.392 e. The van der Waals surface area contributed by atoms with Crippen LogP contribution < -0.4 is 16.2 Å². The summed E-state index contributed by atoms with van der Waals surface area (Å²) in [6.45, 7) is 8.25. The molecule has 0 amide bonds. The molecule has 6 rings (SSSR count). The highest BCUT2D eigenvalue weighted by atomic mass is 32.1. The number of aliphatic hydroxyl groups excluding tert-OH is 1. The largest absolute Gasteiger partial charge is 0.392 e. The van der Waals surface area contributed by atoms with Gasteiger partial charge in [-0.3, -0.25) is 9.48 Å². The number of aromatic nitrogens is 4. The first kappa shape index (κ1) is 25.0. The SMILES string of the molecule is CCn1cc(Nc2nc(-c3cccc(C4NCCc5c4sc4c5CC(C)(C)C4)c3CO)cn(C)c2=O)cn1. The van der Waals surface area contributed by atoms with Gasteiger partial charge in [0.25, 0.3) is 5.56 Å². The van der Waals surface area contributed by atoms with Gasteiger partial charge in [-0.25, -0.2) is 4.98 Å². The van der Waals surface area contributed by atoms with Crippen LogP contribution in [0.15, 0.2) is 41.6 Å². The number of fused-ring (bicyclic) bond motifs is 3. The molecule has 3 N–H and O–H groups in total. The monoisotopic (exact) mass is 530 g/mol. The Morgan fingerprint density at radius 3 is 2.84 bits per heavy atom. The number of anilines is 2. The second kappa shape index (κ2) is 9.48. The fraction of sp³-hybridized carbons (Fsp3) is 0.414. The number of benzene rings is 1. The van der Waals surface area contributed by atoms with E-state index in [-0.39, 0.29) is 24.0 Å². The van der Waals surface area contributed by atoms with Crippen LogP contribution in [0.1, 0.15) is 58.8 Å². The number of aryl methyl sites for hydroxylation is 2. The molecule has 1 unspecified atom stereocenters. The van der Waals surface area contributed by atoms with E-state index in [1.165, 1.54) is 19.9 Å². The Morgan fingerprint density at radius 2 is 2.08 bits per heavy atom. The van der Waals surface area contributed by atoms with Crippen LogP contribution in [-0.2, 0) is 39.5 Å². The molecule has 2 aliphatic rings. The molecule has 0 saturated heterocycles. The van der Waals surface area contributed by atoms with E-state index < -0.39 is 0 Å². The molecule has 198 valence electrons. The van der Waals surface area contributed by atoms with E-state index in [0.717, 1.165) is 49.0 Å². The fourth-order valence-corrected chi connectivity index (χ4v) is 7.66. The van der Waals surface area contributed by atoms with E-state index in [4.69, 9.17) is 4.98 Å². The van der Waals surface area contributed by atoms with Crippen molar-refractivity contribution in [3.8, 4) is 11.3 Å². The topological polar surface area (TPSA) is 97.0 Å². The molecule has 1 atom stereocenters. The summed E-state index contributed by atoms with van der Waals surface area (Å²) in [7, 11) is 1.72. The molecule has 4 heterocycles. The van der Waals surface area contributed by atoms with Crippen molar-refractivity contribution in [1.82, 2.24) is 24.6 Å². The molecule has 0 bridgehead atoms. The lowest BCUT2D eigenvalue weighted by Gasteiger charge is -2.28. The number of nitrogens with zero attached hydrogens (tertiary/aromatic N) is 4. The summed E-state index contributed by atoms with van der Waals surface area (Å²) < 4.78 is 3.32. The molecular formula is C29H34N6O2S. The Bertz CT molecular complexity index is 1580. The lowest BCUT2D eigenvalue weighted by molar-refractivity contribution is 0.280. The normalized spacial score (nSPS) is 17.9. The zero-order valence-corrected chi connectivity index (χ0v) is 23.2. The van der Waals surface area contributed by atoms with Crippen LogP contribution in [0.4, 0.5) is 11.5 Å². The van der Waals surface area contributed by atoms with Crippen LogP contribution in [0.5, 0.6) is 0 Å². The molecule has 4 aromatic rings. The van der Waals surface area contributed by atoms with Crippen molar-refractivity contribution in [3.05, 3.63) is 79.2 Å². The zero-order valence-electron chi connectivity index (χ0n) is 22.3. The molecule has 0 fully saturated rings. The Kier molecular flexibility index (Phi) is 6.25. The van der Waals surface area contributed by atoms with Gasteiger partial charge < -0.3 is 20.3 Å². The lowest BCUT2D eigenvalue weighted by Crippen LogP contribution is -2.31. The van der Waals surface area contributed by atoms with Crippen LogP contribution in [-0.4, -0.2) is 31.0 Å². The smallest absolute Gasteiger partial charge is 0.293 e. The molecule has 1 aliphatic carbocycles. The van der Waals surface area contributed by atoms with E-state index in [9.17, 15) is 9.90 Å². The van der Waals surface area contributed by atoms with Crippen LogP contribution in [0.25, 0.3) is 11.3 Å². The van der Waals surface area contributed by atoms with Gasteiger partial charge in [0.2, 0.25) is 0 Å². The van der Waals surface area contributed by atoms with Gasteiger partial charge in [0.1, 0.15) is 0 Å². The highest BCUT2D eigenvalue weighted by Crippen LogP contribution is 2.48. The molecule has 1 aromatic carbocycles. The quantitative estimate of drug-likeness (QED) is 0.344. The predicted octanol–water partition coefficient (Wildman–Crippen LogP) is 4.32. The van der Waals surface area contributed by atoms with E-state index in [1.54, 1.807) is 29.7 Å². The Morgan fingerprint density at radius 1 is 1.24 bits per heavy atom. The number of hydrogen-bond acceptors (Lipinski definition) is 7. The average Bonchev–Trinajstić information content (AvgIpc) is 3.57. The van der Waals surface area contributed by atoms with Gasteiger partial charge in [-0.2, -0.15) is 5.10 Å². The summed E-state index contributed by atoms with van der Waals surface area (Å²) in [6.07, 6.45) is 8.59.